The van der Waals surface area contributed by atoms with Crippen molar-refractivity contribution < 1.29 is 13.5 Å². The number of likely N-dealkylation sites (N-methyl/N-ethyl adjacent to an activating group) is 1. The number of benzene rings is 2. The highest BCUT2D eigenvalue weighted by Gasteiger charge is 2.10. The van der Waals surface area contributed by atoms with Crippen LogP contribution in [-0.4, -0.2) is 19.7 Å². The lowest BCUT2D eigenvalue weighted by molar-refractivity contribution is 0.269. The maximum atomic E-state index is 13.1. The van der Waals surface area contributed by atoms with Gasteiger partial charge in [-0.1, -0.05) is 18.2 Å². The minimum Gasteiger partial charge on any atom is -0.492 e. The highest BCUT2D eigenvalue weighted by Crippen LogP contribution is 2.12. The van der Waals surface area contributed by atoms with E-state index in [9.17, 15) is 8.78 Å². The molecule has 0 spiro atoms. The average Bonchev–Trinajstić information content (AvgIpc) is 2.43. The summed E-state index contributed by atoms with van der Waals surface area (Å²) in [4.78, 5) is 0. The van der Waals surface area contributed by atoms with E-state index in [4.69, 9.17) is 4.74 Å². The monoisotopic (exact) mass is 277 g/mol. The highest BCUT2D eigenvalue weighted by molar-refractivity contribution is 5.21. The van der Waals surface area contributed by atoms with E-state index in [-0.39, 0.29) is 6.04 Å². The quantitative estimate of drug-likeness (QED) is 0.875. The molecule has 0 bridgehead atoms. The molecule has 0 aliphatic rings. The molecule has 20 heavy (non-hydrogen) atoms. The van der Waals surface area contributed by atoms with Gasteiger partial charge in [-0.2, -0.15) is 0 Å². The van der Waals surface area contributed by atoms with Gasteiger partial charge in [-0.15, -0.1) is 0 Å². The van der Waals surface area contributed by atoms with Crippen molar-refractivity contribution in [2.45, 2.75) is 12.5 Å². The Kier molecular flexibility index (Phi) is 5.07. The summed E-state index contributed by atoms with van der Waals surface area (Å²) in [6.45, 7) is 0.429. The third-order valence-electron chi connectivity index (χ3n) is 3.01. The van der Waals surface area contributed by atoms with Crippen LogP contribution in [0, 0.1) is 11.6 Å². The summed E-state index contributed by atoms with van der Waals surface area (Å²) >= 11 is 0. The van der Waals surface area contributed by atoms with Crippen molar-refractivity contribution in [2.75, 3.05) is 13.7 Å². The molecular formula is C16H17F2NO. The lowest BCUT2D eigenvalue weighted by Crippen LogP contribution is -2.33. The Morgan fingerprint density at radius 3 is 2.30 bits per heavy atom. The van der Waals surface area contributed by atoms with Crippen molar-refractivity contribution in [1.29, 1.82) is 0 Å². The van der Waals surface area contributed by atoms with Gasteiger partial charge in [0, 0.05) is 12.1 Å². The maximum Gasteiger partial charge on any atom is 0.126 e. The van der Waals surface area contributed by atoms with E-state index in [0.29, 0.717) is 18.6 Å². The number of nitrogens with one attached hydrogen (secondary N) is 1. The van der Waals surface area contributed by atoms with Crippen molar-refractivity contribution in [3.05, 3.63) is 65.7 Å². The zero-order valence-corrected chi connectivity index (χ0v) is 11.3. The van der Waals surface area contributed by atoms with Crippen LogP contribution in [0.15, 0.2) is 48.5 Å². The third-order valence-corrected chi connectivity index (χ3v) is 3.01. The summed E-state index contributed by atoms with van der Waals surface area (Å²) in [7, 11) is 1.80. The maximum absolute atomic E-state index is 13.1. The van der Waals surface area contributed by atoms with Gasteiger partial charge in [-0.05, 0) is 43.3 Å². The Morgan fingerprint density at radius 1 is 1.05 bits per heavy atom. The number of ether oxygens (including phenoxy) is 1. The summed E-state index contributed by atoms with van der Waals surface area (Å²) < 4.78 is 31.9. The standard InChI is InChI=1S/C16H17F2NO/c1-19-15(11-20-16-5-3-2-4-6-16)9-12-7-13(17)10-14(18)8-12/h2-8,10,15,19H,9,11H2,1H3. The van der Waals surface area contributed by atoms with Gasteiger partial charge in [-0.25, -0.2) is 8.78 Å². The van der Waals surface area contributed by atoms with Crippen molar-refractivity contribution in [3.8, 4) is 5.75 Å². The molecule has 0 fully saturated rings. The molecule has 0 aliphatic heterocycles. The van der Waals surface area contributed by atoms with Gasteiger partial charge in [0.1, 0.15) is 24.0 Å². The Hall–Kier alpha value is -1.94. The topological polar surface area (TPSA) is 21.3 Å². The second kappa shape index (κ2) is 7.01. The van der Waals surface area contributed by atoms with Crippen LogP contribution in [0.1, 0.15) is 5.56 Å². The highest BCUT2D eigenvalue weighted by atomic mass is 19.1. The van der Waals surface area contributed by atoms with Crippen LogP contribution in [0.2, 0.25) is 0 Å². The van der Waals surface area contributed by atoms with E-state index < -0.39 is 11.6 Å². The normalized spacial score (nSPS) is 12.2. The molecule has 2 nitrogen and oxygen atoms in total. The molecule has 2 aromatic carbocycles. The fraction of sp³-hybridized carbons (Fsp3) is 0.250. The first-order valence-electron chi connectivity index (χ1n) is 6.47. The summed E-state index contributed by atoms with van der Waals surface area (Å²) in [6.07, 6.45) is 0.498. The predicted molar refractivity (Wildman–Crippen MR) is 74.8 cm³/mol. The molecule has 1 unspecified atom stereocenters. The molecule has 0 heterocycles. The Labute approximate surface area is 117 Å². The molecule has 0 saturated heterocycles. The van der Waals surface area contributed by atoms with Gasteiger partial charge in [0.25, 0.3) is 0 Å². The van der Waals surface area contributed by atoms with Crippen LogP contribution >= 0.6 is 0 Å². The first-order valence-corrected chi connectivity index (χ1v) is 6.47. The van der Waals surface area contributed by atoms with Gasteiger partial charge >= 0.3 is 0 Å². The minimum atomic E-state index is -0.557. The molecule has 0 radical (unpaired) electrons. The zero-order chi connectivity index (χ0) is 14.4. The van der Waals surface area contributed by atoms with Gasteiger partial charge in [-0.3, -0.25) is 0 Å². The second-order valence-electron chi connectivity index (χ2n) is 4.59. The molecule has 0 amide bonds. The zero-order valence-electron chi connectivity index (χ0n) is 11.3. The summed E-state index contributed by atoms with van der Waals surface area (Å²) in [5.41, 5.74) is 0.610. The molecule has 1 atom stereocenters. The molecule has 4 heteroatoms. The van der Waals surface area contributed by atoms with Crippen LogP contribution in [0.3, 0.4) is 0 Å². The Bertz CT molecular complexity index is 525. The third kappa shape index (κ3) is 4.31. The van der Waals surface area contributed by atoms with E-state index in [1.165, 1.54) is 12.1 Å². The lowest BCUT2D eigenvalue weighted by Gasteiger charge is -2.17. The molecular weight excluding hydrogens is 260 g/mol. The number of para-hydroxylation sites is 1. The largest absolute Gasteiger partial charge is 0.492 e. The van der Waals surface area contributed by atoms with Crippen molar-refractivity contribution in [3.63, 3.8) is 0 Å². The lowest BCUT2D eigenvalue weighted by atomic mass is 10.1. The molecule has 0 aromatic heterocycles. The first kappa shape index (κ1) is 14.5. The van der Waals surface area contributed by atoms with Crippen LogP contribution < -0.4 is 10.1 Å². The fourth-order valence-corrected chi connectivity index (χ4v) is 1.97. The summed E-state index contributed by atoms with van der Waals surface area (Å²) in [5.74, 6) is -0.337. The summed E-state index contributed by atoms with van der Waals surface area (Å²) in [5, 5.41) is 3.09. The van der Waals surface area contributed by atoms with E-state index in [2.05, 4.69) is 5.32 Å². The Morgan fingerprint density at radius 2 is 1.70 bits per heavy atom. The summed E-state index contributed by atoms with van der Waals surface area (Å²) in [6, 6.07) is 13.0. The Balaban J connectivity index is 1.95. The van der Waals surface area contributed by atoms with Crippen molar-refractivity contribution in [1.82, 2.24) is 5.32 Å². The SMILES string of the molecule is CNC(COc1ccccc1)Cc1cc(F)cc(F)c1. The second-order valence-corrected chi connectivity index (χ2v) is 4.59. The number of rotatable bonds is 6. The smallest absolute Gasteiger partial charge is 0.126 e. The fourth-order valence-electron chi connectivity index (χ4n) is 1.97. The molecule has 0 aliphatic carbocycles. The van der Waals surface area contributed by atoms with Gasteiger partial charge in [0.15, 0.2) is 0 Å². The predicted octanol–water partition coefficient (Wildman–Crippen LogP) is 3.17. The van der Waals surface area contributed by atoms with E-state index in [1.54, 1.807) is 7.05 Å². The van der Waals surface area contributed by atoms with Crippen molar-refractivity contribution in [2.24, 2.45) is 0 Å². The molecule has 0 saturated carbocycles. The van der Waals surface area contributed by atoms with Gasteiger partial charge < -0.3 is 10.1 Å². The molecule has 2 aromatic rings. The molecule has 106 valence electrons. The van der Waals surface area contributed by atoms with Gasteiger partial charge in [0.2, 0.25) is 0 Å². The van der Waals surface area contributed by atoms with Gasteiger partial charge in [0.05, 0.1) is 0 Å². The molecule has 2 rings (SSSR count). The number of hydrogen-bond donors (Lipinski definition) is 1. The first-order chi connectivity index (χ1) is 9.67. The van der Waals surface area contributed by atoms with E-state index >= 15 is 0 Å². The number of halogens is 2. The van der Waals surface area contributed by atoms with Crippen LogP contribution in [-0.2, 0) is 6.42 Å². The van der Waals surface area contributed by atoms with Crippen LogP contribution in [0.5, 0.6) is 5.75 Å². The van der Waals surface area contributed by atoms with Crippen LogP contribution in [0.25, 0.3) is 0 Å². The van der Waals surface area contributed by atoms with Crippen molar-refractivity contribution >= 4 is 0 Å². The molecule has 1 N–H and O–H groups in total. The average molecular weight is 277 g/mol. The minimum absolute atomic E-state index is 0.0172. The van der Waals surface area contributed by atoms with Crippen LogP contribution in [0.4, 0.5) is 8.78 Å². The van der Waals surface area contributed by atoms with E-state index in [1.807, 2.05) is 30.3 Å². The van der Waals surface area contributed by atoms with E-state index in [0.717, 1.165) is 11.8 Å². The number of hydrogen-bond acceptors (Lipinski definition) is 2.